The number of non-ortho nitro benzene ring substituents is 1. The lowest BCUT2D eigenvalue weighted by Crippen LogP contribution is -1.91. The third-order valence-corrected chi connectivity index (χ3v) is 2.24. The fourth-order valence-electron chi connectivity index (χ4n) is 1.47. The van der Waals surface area contributed by atoms with Gasteiger partial charge in [-0.05, 0) is 5.56 Å². The van der Waals surface area contributed by atoms with Crippen molar-refractivity contribution in [2.75, 3.05) is 0 Å². The molecule has 0 aliphatic heterocycles. The zero-order valence-electron chi connectivity index (χ0n) is 7.46. The third kappa shape index (κ3) is 1.57. The molecule has 0 heterocycles. The number of nitrogens with zero attached hydrogens (tertiary/aromatic N) is 1. The largest absolute Gasteiger partial charge is 0.269 e. The second-order valence-corrected chi connectivity index (χ2v) is 3.14. The summed E-state index contributed by atoms with van der Waals surface area (Å²) in [5.74, 6) is 0.274. The topological polar surface area (TPSA) is 43.1 Å². The van der Waals surface area contributed by atoms with Crippen molar-refractivity contribution in [2.24, 2.45) is 0 Å². The van der Waals surface area contributed by atoms with E-state index >= 15 is 0 Å². The SMILES string of the molecule is O=[N+]([O-])c1ccc(C2C=CC=C2)cc1. The van der Waals surface area contributed by atoms with Gasteiger partial charge in [-0.15, -0.1) is 0 Å². The van der Waals surface area contributed by atoms with Gasteiger partial charge in [0.15, 0.2) is 0 Å². The Bertz CT molecular complexity index is 392. The van der Waals surface area contributed by atoms with Crippen LogP contribution in [0, 0.1) is 10.1 Å². The fraction of sp³-hybridized carbons (Fsp3) is 0.0909. The number of nitro benzene ring substituents is 1. The third-order valence-electron chi connectivity index (χ3n) is 2.24. The number of rotatable bonds is 2. The summed E-state index contributed by atoms with van der Waals surface area (Å²) < 4.78 is 0. The van der Waals surface area contributed by atoms with E-state index < -0.39 is 0 Å². The molecule has 0 unspecified atom stereocenters. The predicted molar refractivity (Wildman–Crippen MR) is 54.1 cm³/mol. The quantitative estimate of drug-likeness (QED) is 0.527. The van der Waals surface area contributed by atoms with Gasteiger partial charge in [0.25, 0.3) is 5.69 Å². The lowest BCUT2D eigenvalue weighted by molar-refractivity contribution is -0.384. The Morgan fingerprint density at radius 3 is 2.14 bits per heavy atom. The van der Waals surface area contributed by atoms with Gasteiger partial charge in [-0.2, -0.15) is 0 Å². The summed E-state index contributed by atoms with van der Waals surface area (Å²) >= 11 is 0. The van der Waals surface area contributed by atoms with E-state index in [2.05, 4.69) is 12.2 Å². The Labute approximate surface area is 81.5 Å². The van der Waals surface area contributed by atoms with Crippen LogP contribution in [0.1, 0.15) is 11.5 Å². The second kappa shape index (κ2) is 3.46. The number of hydrogen-bond donors (Lipinski definition) is 0. The minimum absolute atomic E-state index is 0.139. The van der Waals surface area contributed by atoms with E-state index in [4.69, 9.17) is 0 Å². The van der Waals surface area contributed by atoms with Crippen molar-refractivity contribution in [3.63, 3.8) is 0 Å². The lowest BCUT2D eigenvalue weighted by Gasteiger charge is -2.04. The molecule has 3 heteroatoms. The van der Waals surface area contributed by atoms with Gasteiger partial charge in [-0.25, -0.2) is 0 Å². The average molecular weight is 187 g/mol. The van der Waals surface area contributed by atoms with Crippen LogP contribution in [0.4, 0.5) is 5.69 Å². The van der Waals surface area contributed by atoms with Gasteiger partial charge < -0.3 is 0 Å². The van der Waals surface area contributed by atoms with Crippen molar-refractivity contribution in [3.8, 4) is 0 Å². The molecule has 0 saturated heterocycles. The van der Waals surface area contributed by atoms with Crippen molar-refractivity contribution in [1.82, 2.24) is 0 Å². The molecule has 1 aromatic carbocycles. The van der Waals surface area contributed by atoms with Gasteiger partial charge in [0.2, 0.25) is 0 Å². The summed E-state index contributed by atoms with van der Waals surface area (Å²) in [5, 5.41) is 10.4. The highest BCUT2D eigenvalue weighted by Crippen LogP contribution is 2.24. The van der Waals surface area contributed by atoms with Crippen molar-refractivity contribution < 1.29 is 4.92 Å². The van der Waals surface area contributed by atoms with Crippen LogP contribution in [0.2, 0.25) is 0 Å². The molecule has 0 amide bonds. The molecule has 2 rings (SSSR count). The molecule has 14 heavy (non-hydrogen) atoms. The minimum atomic E-state index is -0.385. The summed E-state index contributed by atoms with van der Waals surface area (Å²) in [6.07, 6.45) is 8.07. The van der Waals surface area contributed by atoms with E-state index in [-0.39, 0.29) is 16.5 Å². The van der Waals surface area contributed by atoms with Gasteiger partial charge in [-0.3, -0.25) is 10.1 Å². The summed E-state index contributed by atoms with van der Waals surface area (Å²) in [6, 6.07) is 6.66. The molecule has 1 aliphatic rings. The van der Waals surface area contributed by atoms with E-state index in [0.29, 0.717) is 0 Å². The number of hydrogen-bond acceptors (Lipinski definition) is 2. The van der Waals surface area contributed by atoms with Gasteiger partial charge in [-0.1, -0.05) is 36.4 Å². The van der Waals surface area contributed by atoms with E-state index in [1.54, 1.807) is 12.1 Å². The van der Waals surface area contributed by atoms with E-state index in [1.165, 1.54) is 12.1 Å². The molecule has 0 aromatic heterocycles. The van der Waals surface area contributed by atoms with Gasteiger partial charge in [0.1, 0.15) is 0 Å². The maximum atomic E-state index is 10.4. The molecule has 0 atom stereocenters. The highest BCUT2D eigenvalue weighted by Gasteiger charge is 2.09. The summed E-state index contributed by atoms with van der Waals surface area (Å²) in [7, 11) is 0. The maximum Gasteiger partial charge on any atom is 0.269 e. The van der Waals surface area contributed by atoms with E-state index in [9.17, 15) is 10.1 Å². The molecule has 70 valence electrons. The minimum Gasteiger partial charge on any atom is -0.258 e. The molecule has 3 nitrogen and oxygen atoms in total. The first-order valence-electron chi connectivity index (χ1n) is 4.37. The number of allylic oxidation sites excluding steroid dienone is 4. The Morgan fingerprint density at radius 2 is 1.64 bits per heavy atom. The van der Waals surface area contributed by atoms with E-state index in [0.717, 1.165) is 5.56 Å². The van der Waals surface area contributed by atoms with Crippen LogP contribution >= 0.6 is 0 Å². The Morgan fingerprint density at radius 1 is 1.07 bits per heavy atom. The zero-order chi connectivity index (χ0) is 9.97. The van der Waals surface area contributed by atoms with Gasteiger partial charge in [0.05, 0.1) is 4.92 Å². The van der Waals surface area contributed by atoms with Crippen LogP contribution in [0.3, 0.4) is 0 Å². The molecule has 0 spiro atoms. The number of nitro groups is 1. The first-order valence-corrected chi connectivity index (χ1v) is 4.37. The van der Waals surface area contributed by atoms with E-state index in [1.807, 2.05) is 12.2 Å². The van der Waals surface area contributed by atoms with Crippen LogP contribution in [-0.2, 0) is 0 Å². The van der Waals surface area contributed by atoms with Crippen LogP contribution < -0.4 is 0 Å². The Kier molecular flexibility index (Phi) is 2.14. The monoisotopic (exact) mass is 187 g/mol. The summed E-state index contributed by atoms with van der Waals surface area (Å²) in [6.45, 7) is 0. The van der Waals surface area contributed by atoms with Crippen LogP contribution in [0.5, 0.6) is 0 Å². The number of benzene rings is 1. The first kappa shape index (κ1) is 8.69. The fourth-order valence-corrected chi connectivity index (χ4v) is 1.47. The molecule has 0 radical (unpaired) electrons. The standard InChI is InChI=1S/C11H9NO2/c13-12(14)11-7-5-10(6-8-11)9-3-1-2-4-9/h1-9H. The zero-order valence-corrected chi connectivity index (χ0v) is 7.46. The first-order chi connectivity index (χ1) is 6.77. The average Bonchev–Trinajstić information content (AvgIpc) is 2.71. The van der Waals surface area contributed by atoms with Crippen LogP contribution in [0.25, 0.3) is 0 Å². The van der Waals surface area contributed by atoms with Crippen LogP contribution in [-0.4, -0.2) is 4.92 Å². The molecule has 0 saturated carbocycles. The van der Waals surface area contributed by atoms with Crippen molar-refractivity contribution in [1.29, 1.82) is 0 Å². The van der Waals surface area contributed by atoms with Gasteiger partial charge in [0, 0.05) is 18.1 Å². The lowest BCUT2D eigenvalue weighted by atomic mass is 10.0. The summed E-state index contributed by atoms with van der Waals surface area (Å²) in [5.41, 5.74) is 1.22. The smallest absolute Gasteiger partial charge is 0.258 e. The molecular weight excluding hydrogens is 178 g/mol. The van der Waals surface area contributed by atoms with Gasteiger partial charge >= 0.3 is 0 Å². The van der Waals surface area contributed by atoms with Crippen molar-refractivity contribution in [3.05, 3.63) is 64.2 Å². The van der Waals surface area contributed by atoms with Crippen molar-refractivity contribution >= 4 is 5.69 Å². The molecule has 0 fully saturated rings. The predicted octanol–water partition coefficient (Wildman–Crippen LogP) is 2.80. The van der Waals surface area contributed by atoms with Crippen molar-refractivity contribution in [2.45, 2.75) is 5.92 Å². The molecular formula is C11H9NO2. The highest BCUT2D eigenvalue weighted by molar-refractivity contribution is 5.40. The summed E-state index contributed by atoms with van der Waals surface area (Å²) in [4.78, 5) is 10.0. The van der Waals surface area contributed by atoms with Crippen LogP contribution in [0.15, 0.2) is 48.6 Å². The molecule has 0 N–H and O–H groups in total. The molecule has 1 aliphatic carbocycles. The maximum absolute atomic E-state index is 10.4. The normalized spacial score (nSPS) is 14.9. The Hall–Kier alpha value is -1.90. The Balaban J connectivity index is 2.25. The molecule has 1 aromatic rings. The second-order valence-electron chi connectivity index (χ2n) is 3.14. The highest BCUT2D eigenvalue weighted by atomic mass is 16.6. The molecule has 0 bridgehead atoms.